The normalized spacial score (nSPS) is 10.8. The zero-order valence-electron chi connectivity index (χ0n) is 12.5. The molecule has 1 rings (SSSR count). The van der Waals surface area contributed by atoms with Crippen molar-refractivity contribution in [3.8, 4) is 11.5 Å². The molecule has 110 valence electrons. The van der Waals surface area contributed by atoms with E-state index in [9.17, 15) is 4.79 Å². The van der Waals surface area contributed by atoms with E-state index in [-0.39, 0.29) is 5.91 Å². The van der Waals surface area contributed by atoms with Crippen molar-refractivity contribution in [1.82, 2.24) is 5.43 Å². The zero-order chi connectivity index (χ0) is 15.0. The second-order valence-corrected chi connectivity index (χ2v) is 4.73. The van der Waals surface area contributed by atoms with Crippen molar-refractivity contribution in [2.75, 3.05) is 13.7 Å². The van der Waals surface area contributed by atoms with Gasteiger partial charge in [-0.05, 0) is 36.6 Å². The second-order valence-electron chi connectivity index (χ2n) is 4.73. The van der Waals surface area contributed by atoms with Crippen LogP contribution in [0.3, 0.4) is 0 Å². The van der Waals surface area contributed by atoms with Gasteiger partial charge in [-0.2, -0.15) is 5.10 Å². The molecule has 1 aromatic carbocycles. The topological polar surface area (TPSA) is 59.9 Å². The van der Waals surface area contributed by atoms with Gasteiger partial charge in [0.15, 0.2) is 11.5 Å². The third-order valence-corrected chi connectivity index (χ3v) is 2.48. The summed E-state index contributed by atoms with van der Waals surface area (Å²) in [7, 11) is 1.59. The molecule has 5 heteroatoms. The summed E-state index contributed by atoms with van der Waals surface area (Å²) in [4.78, 5) is 11.4. The van der Waals surface area contributed by atoms with Crippen LogP contribution in [0.4, 0.5) is 0 Å². The van der Waals surface area contributed by atoms with Crippen molar-refractivity contribution in [2.24, 2.45) is 11.0 Å². The lowest BCUT2D eigenvalue weighted by atomic mass is 10.1. The number of rotatable bonds is 7. The average Bonchev–Trinajstić information content (AvgIpc) is 2.39. The lowest BCUT2D eigenvalue weighted by molar-refractivity contribution is -0.121. The predicted octanol–water partition coefficient (Wildman–Crippen LogP) is 2.59. The highest BCUT2D eigenvalue weighted by atomic mass is 16.5. The molecule has 20 heavy (non-hydrogen) atoms. The van der Waals surface area contributed by atoms with Crippen molar-refractivity contribution in [3.05, 3.63) is 23.8 Å². The van der Waals surface area contributed by atoms with E-state index in [4.69, 9.17) is 9.47 Å². The second kappa shape index (κ2) is 8.19. The molecule has 0 spiro atoms. The summed E-state index contributed by atoms with van der Waals surface area (Å²) in [5.41, 5.74) is 3.33. The van der Waals surface area contributed by atoms with Gasteiger partial charge in [-0.15, -0.1) is 0 Å². The maximum Gasteiger partial charge on any atom is 0.240 e. The van der Waals surface area contributed by atoms with Crippen LogP contribution in [-0.2, 0) is 4.79 Å². The standard InChI is InChI=1S/C15H22N2O3/c1-5-20-13-7-6-12(9-14(13)19-4)10-16-17-15(18)8-11(2)3/h6-7,9-11H,5,8H2,1-4H3,(H,17,18)/b16-10+. The van der Waals surface area contributed by atoms with Crippen molar-refractivity contribution in [3.63, 3.8) is 0 Å². The molecular weight excluding hydrogens is 256 g/mol. The molecule has 0 fully saturated rings. The lowest BCUT2D eigenvalue weighted by Crippen LogP contribution is -2.19. The minimum Gasteiger partial charge on any atom is -0.493 e. The summed E-state index contributed by atoms with van der Waals surface area (Å²) in [6.45, 7) is 6.47. The summed E-state index contributed by atoms with van der Waals surface area (Å²) >= 11 is 0. The third kappa shape index (κ3) is 5.30. The van der Waals surface area contributed by atoms with E-state index in [0.717, 1.165) is 5.56 Å². The Kier molecular flexibility index (Phi) is 6.56. The smallest absolute Gasteiger partial charge is 0.240 e. The maximum absolute atomic E-state index is 11.4. The molecule has 5 nitrogen and oxygen atoms in total. The van der Waals surface area contributed by atoms with Crippen LogP contribution in [0.2, 0.25) is 0 Å². The Balaban J connectivity index is 2.66. The number of methoxy groups -OCH3 is 1. The number of nitrogens with one attached hydrogen (secondary N) is 1. The first-order valence-corrected chi connectivity index (χ1v) is 6.69. The highest BCUT2D eigenvalue weighted by Gasteiger charge is 2.05. The van der Waals surface area contributed by atoms with Crippen molar-refractivity contribution in [2.45, 2.75) is 27.2 Å². The minimum atomic E-state index is -0.0887. The number of carbonyl (C=O) groups excluding carboxylic acids is 1. The van der Waals surface area contributed by atoms with Gasteiger partial charge in [0.05, 0.1) is 19.9 Å². The van der Waals surface area contributed by atoms with E-state index in [2.05, 4.69) is 10.5 Å². The number of carbonyl (C=O) groups is 1. The van der Waals surface area contributed by atoms with Crippen molar-refractivity contribution in [1.29, 1.82) is 0 Å². The van der Waals surface area contributed by atoms with Gasteiger partial charge >= 0.3 is 0 Å². The van der Waals surface area contributed by atoms with Gasteiger partial charge < -0.3 is 9.47 Å². The predicted molar refractivity (Wildman–Crippen MR) is 79.4 cm³/mol. The fraction of sp³-hybridized carbons (Fsp3) is 0.467. The zero-order valence-corrected chi connectivity index (χ0v) is 12.5. The maximum atomic E-state index is 11.4. The van der Waals surface area contributed by atoms with Crippen LogP contribution in [0.5, 0.6) is 11.5 Å². The number of nitrogens with zero attached hydrogens (tertiary/aromatic N) is 1. The van der Waals surface area contributed by atoms with Gasteiger partial charge in [0.1, 0.15) is 0 Å². The average molecular weight is 278 g/mol. The van der Waals surface area contributed by atoms with E-state index in [1.807, 2.05) is 39.0 Å². The molecule has 0 aromatic heterocycles. The molecule has 0 aliphatic heterocycles. The van der Waals surface area contributed by atoms with E-state index in [1.54, 1.807) is 13.3 Å². The number of hydrogen-bond acceptors (Lipinski definition) is 4. The fourth-order valence-corrected chi connectivity index (χ4v) is 1.63. The van der Waals surface area contributed by atoms with Gasteiger partial charge in [-0.3, -0.25) is 4.79 Å². The lowest BCUT2D eigenvalue weighted by Gasteiger charge is -2.09. The van der Waals surface area contributed by atoms with Gasteiger partial charge in [0, 0.05) is 6.42 Å². The Labute approximate surface area is 120 Å². The van der Waals surface area contributed by atoms with E-state index in [1.165, 1.54) is 0 Å². The first kappa shape index (κ1) is 16.0. The minimum absolute atomic E-state index is 0.0887. The van der Waals surface area contributed by atoms with Crippen molar-refractivity contribution >= 4 is 12.1 Å². The highest BCUT2D eigenvalue weighted by Crippen LogP contribution is 2.27. The Morgan fingerprint density at radius 3 is 2.75 bits per heavy atom. The molecule has 0 saturated carbocycles. The number of ether oxygens (including phenoxy) is 2. The van der Waals surface area contributed by atoms with Gasteiger partial charge in [-0.25, -0.2) is 5.43 Å². The van der Waals surface area contributed by atoms with E-state index < -0.39 is 0 Å². The fourth-order valence-electron chi connectivity index (χ4n) is 1.63. The largest absolute Gasteiger partial charge is 0.493 e. The van der Waals surface area contributed by atoms with Crippen LogP contribution in [-0.4, -0.2) is 25.8 Å². The molecule has 0 saturated heterocycles. The quantitative estimate of drug-likeness (QED) is 0.616. The van der Waals surface area contributed by atoms with Crippen LogP contribution >= 0.6 is 0 Å². The van der Waals surface area contributed by atoms with E-state index >= 15 is 0 Å². The Bertz CT molecular complexity index is 470. The molecule has 1 aromatic rings. The van der Waals surface area contributed by atoms with Crippen LogP contribution < -0.4 is 14.9 Å². The Hall–Kier alpha value is -2.04. The number of hydrazone groups is 1. The molecule has 0 atom stereocenters. The Morgan fingerprint density at radius 1 is 1.40 bits per heavy atom. The van der Waals surface area contributed by atoms with Gasteiger partial charge in [-0.1, -0.05) is 13.8 Å². The van der Waals surface area contributed by atoms with E-state index in [0.29, 0.717) is 30.4 Å². The van der Waals surface area contributed by atoms with Crippen LogP contribution in [0.25, 0.3) is 0 Å². The molecule has 1 N–H and O–H groups in total. The van der Waals surface area contributed by atoms with Crippen LogP contribution in [0, 0.1) is 5.92 Å². The van der Waals surface area contributed by atoms with Gasteiger partial charge in [0.25, 0.3) is 0 Å². The van der Waals surface area contributed by atoms with Crippen LogP contribution in [0.15, 0.2) is 23.3 Å². The molecule has 0 unspecified atom stereocenters. The molecule has 0 heterocycles. The van der Waals surface area contributed by atoms with Gasteiger partial charge in [0.2, 0.25) is 5.91 Å². The molecule has 0 bridgehead atoms. The number of amides is 1. The van der Waals surface area contributed by atoms with Crippen LogP contribution in [0.1, 0.15) is 32.8 Å². The summed E-state index contributed by atoms with van der Waals surface area (Å²) in [6, 6.07) is 5.48. The molecule has 0 aliphatic carbocycles. The SMILES string of the molecule is CCOc1ccc(/C=N/NC(=O)CC(C)C)cc1OC. The Morgan fingerprint density at radius 2 is 2.15 bits per heavy atom. The summed E-state index contributed by atoms with van der Waals surface area (Å²) < 4.78 is 10.7. The highest BCUT2D eigenvalue weighted by molar-refractivity contribution is 5.83. The van der Waals surface area contributed by atoms with Crippen molar-refractivity contribution < 1.29 is 14.3 Å². The number of benzene rings is 1. The summed E-state index contributed by atoms with van der Waals surface area (Å²) in [6.07, 6.45) is 2.04. The monoisotopic (exact) mass is 278 g/mol. The molecule has 0 aliphatic rings. The third-order valence-electron chi connectivity index (χ3n) is 2.48. The molecule has 0 radical (unpaired) electrons. The summed E-state index contributed by atoms with van der Waals surface area (Å²) in [5, 5.41) is 3.92. The summed E-state index contributed by atoms with van der Waals surface area (Å²) in [5.74, 6) is 1.56. The number of hydrogen-bond donors (Lipinski definition) is 1. The molecule has 1 amide bonds. The molecular formula is C15H22N2O3. The first-order chi connectivity index (χ1) is 9.56. The first-order valence-electron chi connectivity index (χ1n) is 6.69.